The normalized spacial score (nSPS) is 15.7. The van der Waals surface area contributed by atoms with E-state index in [1.165, 1.54) is 0 Å². The molecule has 0 saturated heterocycles. The Hall–Kier alpha value is -2.24. The summed E-state index contributed by atoms with van der Waals surface area (Å²) in [5, 5.41) is 12.0. The lowest BCUT2D eigenvalue weighted by atomic mass is 9.97. The van der Waals surface area contributed by atoms with E-state index in [4.69, 9.17) is 9.47 Å². The van der Waals surface area contributed by atoms with E-state index in [0.717, 1.165) is 25.7 Å². The van der Waals surface area contributed by atoms with Crippen molar-refractivity contribution in [2.75, 3.05) is 13.7 Å². The summed E-state index contributed by atoms with van der Waals surface area (Å²) in [5.74, 6) is -0.384. The molecule has 1 saturated carbocycles. The molecule has 0 aromatic heterocycles. The Labute approximate surface area is 154 Å². The van der Waals surface area contributed by atoms with Crippen molar-refractivity contribution in [2.45, 2.75) is 52.1 Å². The van der Waals surface area contributed by atoms with Gasteiger partial charge in [0.05, 0.1) is 19.1 Å². The molecule has 26 heavy (non-hydrogen) atoms. The molecule has 2 N–H and O–H groups in total. The van der Waals surface area contributed by atoms with Gasteiger partial charge >= 0.3 is 5.97 Å². The van der Waals surface area contributed by atoms with Gasteiger partial charge in [-0.3, -0.25) is 9.59 Å². The molecule has 1 aromatic rings. The van der Waals surface area contributed by atoms with Crippen molar-refractivity contribution in [3.8, 4) is 11.5 Å². The molecule has 0 spiro atoms. The van der Waals surface area contributed by atoms with Crippen LogP contribution in [0.3, 0.4) is 0 Å². The van der Waals surface area contributed by atoms with Gasteiger partial charge in [-0.2, -0.15) is 0 Å². The minimum Gasteiger partial charge on any atom is -0.493 e. The Kier molecular flexibility index (Phi) is 7.30. The van der Waals surface area contributed by atoms with Gasteiger partial charge in [0.25, 0.3) is 5.91 Å². The number of hydrogen-bond donors (Lipinski definition) is 2. The Morgan fingerprint density at radius 1 is 1.23 bits per heavy atom. The van der Waals surface area contributed by atoms with E-state index in [2.05, 4.69) is 5.32 Å². The quantitative estimate of drug-likeness (QED) is 0.701. The number of rotatable bonds is 9. The van der Waals surface area contributed by atoms with Crippen LogP contribution in [0.1, 0.15) is 56.3 Å². The number of nitrogens with one attached hydrogen (secondary N) is 1. The largest absolute Gasteiger partial charge is 0.493 e. The van der Waals surface area contributed by atoms with E-state index < -0.39 is 11.9 Å². The maximum Gasteiger partial charge on any atom is 0.308 e. The molecule has 6 nitrogen and oxygen atoms in total. The number of ether oxygens (including phenoxy) is 2. The zero-order chi connectivity index (χ0) is 19.1. The van der Waals surface area contributed by atoms with Gasteiger partial charge in [0, 0.05) is 12.1 Å². The Morgan fingerprint density at radius 2 is 1.92 bits per heavy atom. The summed E-state index contributed by atoms with van der Waals surface area (Å²) in [6.07, 6.45) is 5.00. The van der Waals surface area contributed by atoms with E-state index in [9.17, 15) is 14.7 Å². The molecule has 0 aliphatic heterocycles. The van der Waals surface area contributed by atoms with Gasteiger partial charge < -0.3 is 19.9 Å². The third-order valence-electron chi connectivity index (χ3n) is 4.64. The SMILES string of the molecule is COc1ccc(C(=O)NCC(CC(C)C)C(=O)O)cc1OC1CCCC1. The molecular weight excluding hydrogens is 334 g/mol. The molecule has 1 atom stereocenters. The molecule has 1 unspecified atom stereocenters. The highest BCUT2D eigenvalue weighted by atomic mass is 16.5. The van der Waals surface area contributed by atoms with Crippen molar-refractivity contribution in [3.63, 3.8) is 0 Å². The van der Waals surface area contributed by atoms with Crippen molar-refractivity contribution >= 4 is 11.9 Å². The van der Waals surface area contributed by atoms with Gasteiger partial charge in [-0.15, -0.1) is 0 Å². The summed E-state index contributed by atoms with van der Waals surface area (Å²) in [5.41, 5.74) is 0.437. The molecular formula is C20H29NO5. The molecule has 1 aliphatic rings. The van der Waals surface area contributed by atoms with Crippen LogP contribution >= 0.6 is 0 Å². The van der Waals surface area contributed by atoms with Gasteiger partial charge in [-0.1, -0.05) is 13.8 Å². The summed E-state index contributed by atoms with van der Waals surface area (Å²) in [4.78, 5) is 23.8. The van der Waals surface area contributed by atoms with Crippen molar-refractivity contribution in [2.24, 2.45) is 11.8 Å². The first-order valence-corrected chi connectivity index (χ1v) is 9.26. The monoisotopic (exact) mass is 363 g/mol. The minimum atomic E-state index is -0.890. The Balaban J connectivity index is 2.04. The van der Waals surface area contributed by atoms with Gasteiger partial charge in [0.2, 0.25) is 0 Å². The number of carboxylic acid groups (broad SMARTS) is 1. The molecule has 0 bridgehead atoms. The summed E-state index contributed by atoms with van der Waals surface area (Å²) < 4.78 is 11.3. The zero-order valence-corrected chi connectivity index (χ0v) is 15.8. The maximum atomic E-state index is 12.4. The average Bonchev–Trinajstić information content (AvgIpc) is 3.10. The smallest absolute Gasteiger partial charge is 0.308 e. The summed E-state index contributed by atoms with van der Waals surface area (Å²) in [6.45, 7) is 4.04. The second kappa shape index (κ2) is 9.46. The molecule has 6 heteroatoms. The highest BCUT2D eigenvalue weighted by Gasteiger charge is 2.22. The number of carbonyl (C=O) groups is 2. The number of aliphatic carboxylic acids is 1. The molecule has 1 fully saturated rings. The first-order chi connectivity index (χ1) is 12.4. The fraction of sp³-hybridized carbons (Fsp3) is 0.600. The summed E-state index contributed by atoms with van der Waals surface area (Å²) >= 11 is 0. The van der Waals surface area contributed by atoms with E-state index >= 15 is 0 Å². The summed E-state index contributed by atoms with van der Waals surface area (Å²) in [7, 11) is 1.57. The van der Waals surface area contributed by atoms with Crippen LogP contribution in [0.4, 0.5) is 0 Å². The standard InChI is InChI=1S/C20H29NO5/c1-13(2)10-15(20(23)24)12-21-19(22)14-8-9-17(25-3)18(11-14)26-16-6-4-5-7-16/h8-9,11,13,15-16H,4-7,10,12H2,1-3H3,(H,21,22)(H,23,24). The fourth-order valence-electron chi connectivity index (χ4n) is 3.25. The lowest BCUT2D eigenvalue weighted by Gasteiger charge is -2.18. The molecule has 1 amide bonds. The second-order valence-corrected chi connectivity index (χ2v) is 7.26. The summed E-state index contributed by atoms with van der Waals surface area (Å²) in [6, 6.07) is 5.04. The zero-order valence-electron chi connectivity index (χ0n) is 15.8. The van der Waals surface area contributed by atoms with Crippen molar-refractivity contribution < 1.29 is 24.2 Å². The molecule has 1 aromatic carbocycles. The third kappa shape index (κ3) is 5.64. The van der Waals surface area contributed by atoms with Gasteiger partial charge in [-0.05, 0) is 56.2 Å². The first kappa shape index (κ1) is 20.1. The van der Waals surface area contributed by atoms with Gasteiger partial charge in [-0.25, -0.2) is 0 Å². The van der Waals surface area contributed by atoms with Gasteiger partial charge in [0.15, 0.2) is 11.5 Å². The number of methoxy groups -OCH3 is 1. The van der Waals surface area contributed by atoms with Crippen molar-refractivity contribution in [1.29, 1.82) is 0 Å². The van der Waals surface area contributed by atoms with Crippen LogP contribution in [0.5, 0.6) is 11.5 Å². The lowest BCUT2D eigenvalue weighted by Crippen LogP contribution is -2.33. The highest BCUT2D eigenvalue weighted by Crippen LogP contribution is 2.32. The number of carboxylic acids is 1. The van der Waals surface area contributed by atoms with E-state index in [-0.39, 0.29) is 24.5 Å². The van der Waals surface area contributed by atoms with Crippen LogP contribution < -0.4 is 14.8 Å². The van der Waals surface area contributed by atoms with E-state index in [1.807, 2.05) is 13.8 Å². The fourth-order valence-corrected chi connectivity index (χ4v) is 3.25. The minimum absolute atomic E-state index is 0.108. The topological polar surface area (TPSA) is 84.9 Å². The molecule has 1 aliphatic carbocycles. The van der Waals surface area contributed by atoms with Gasteiger partial charge in [0.1, 0.15) is 0 Å². The molecule has 2 rings (SSSR count). The Bertz CT molecular complexity index is 623. The van der Waals surface area contributed by atoms with Crippen LogP contribution in [0, 0.1) is 11.8 Å². The predicted octanol–water partition coefficient (Wildman–Crippen LogP) is 3.49. The van der Waals surface area contributed by atoms with E-state index in [0.29, 0.717) is 23.5 Å². The van der Waals surface area contributed by atoms with Crippen LogP contribution in [-0.4, -0.2) is 36.7 Å². The van der Waals surface area contributed by atoms with Crippen LogP contribution in [0.25, 0.3) is 0 Å². The molecule has 0 radical (unpaired) electrons. The highest BCUT2D eigenvalue weighted by molar-refractivity contribution is 5.95. The number of hydrogen-bond acceptors (Lipinski definition) is 4. The lowest BCUT2D eigenvalue weighted by molar-refractivity contribution is -0.142. The maximum absolute atomic E-state index is 12.4. The van der Waals surface area contributed by atoms with Crippen LogP contribution in [0.15, 0.2) is 18.2 Å². The predicted molar refractivity (Wildman–Crippen MR) is 98.8 cm³/mol. The Morgan fingerprint density at radius 3 is 2.50 bits per heavy atom. The third-order valence-corrected chi connectivity index (χ3v) is 4.64. The number of carbonyl (C=O) groups excluding carboxylic acids is 1. The van der Waals surface area contributed by atoms with Crippen LogP contribution in [-0.2, 0) is 4.79 Å². The van der Waals surface area contributed by atoms with Crippen LogP contribution in [0.2, 0.25) is 0 Å². The first-order valence-electron chi connectivity index (χ1n) is 9.26. The molecule has 0 heterocycles. The second-order valence-electron chi connectivity index (χ2n) is 7.26. The van der Waals surface area contributed by atoms with Crippen molar-refractivity contribution in [1.82, 2.24) is 5.32 Å². The van der Waals surface area contributed by atoms with E-state index in [1.54, 1.807) is 25.3 Å². The number of benzene rings is 1. The number of amides is 1. The molecule has 144 valence electrons. The van der Waals surface area contributed by atoms with Crippen molar-refractivity contribution in [3.05, 3.63) is 23.8 Å². The average molecular weight is 363 g/mol.